The van der Waals surface area contributed by atoms with E-state index in [2.05, 4.69) is 44.9 Å². The van der Waals surface area contributed by atoms with Crippen molar-refractivity contribution in [2.75, 3.05) is 0 Å². The first kappa shape index (κ1) is 21.6. The molecule has 3 aromatic carbocycles. The predicted molar refractivity (Wildman–Crippen MR) is 137 cm³/mol. The summed E-state index contributed by atoms with van der Waals surface area (Å²) in [4.78, 5) is 14.1. The van der Waals surface area contributed by atoms with Gasteiger partial charge in [0.1, 0.15) is 22.7 Å². The SMILES string of the molecule is N#Cc1ccc(/C=C/c2nc3c(SCc4ccccc4)ncnc3n2Cc2ccccc2)cc1. The standard InChI is InChI=1S/C28H21N5S/c29-17-22-13-11-21(12-14-22)15-16-25-32-26-27(33(25)18-23-7-3-1-4-8-23)30-20-31-28(26)34-19-24-9-5-2-6-10-24/h1-16,20H,18-19H2/b16-15+. The van der Waals surface area contributed by atoms with Crippen LogP contribution in [0.3, 0.4) is 0 Å². The molecule has 0 N–H and O–H groups in total. The minimum absolute atomic E-state index is 0.642. The highest BCUT2D eigenvalue weighted by Crippen LogP contribution is 2.28. The highest BCUT2D eigenvalue weighted by Gasteiger charge is 2.15. The van der Waals surface area contributed by atoms with Crippen molar-refractivity contribution in [1.29, 1.82) is 5.26 Å². The Balaban J connectivity index is 1.52. The zero-order valence-electron chi connectivity index (χ0n) is 18.4. The van der Waals surface area contributed by atoms with E-state index in [1.807, 2.05) is 72.8 Å². The molecule has 2 aromatic heterocycles. The van der Waals surface area contributed by atoms with Crippen LogP contribution in [0.1, 0.15) is 28.1 Å². The summed E-state index contributed by atoms with van der Waals surface area (Å²) in [6, 6.07) is 30.3. The van der Waals surface area contributed by atoms with Gasteiger partial charge < -0.3 is 4.57 Å². The van der Waals surface area contributed by atoms with Gasteiger partial charge in [0.2, 0.25) is 0 Å². The van der Waals surface area contributed by atoms with Crippen molar-refractivity contribution in [2.45, 2.75) is 17.3 Å². The molecule has 0 fully saturated rings. The van der Waals surface area contributed by atoms with E-state index in [9.17, 15) is 0 Å². The van der Waals surface area contributed by atoms with Crippen molar-refractivity contribution < 1.29 is 0 Å². The Hall–Kier alpha value is -4.21. The molecule has 0 bridgehead atoms. The Morgan fingerprint density at radius 3 is 2.24 bits per heavy atom. The van der Waals surface area contributed by atoms with E-state index in [4.69, 9.17) is 10.2 Å². The van der Waals surface area contributed by atoms with E-state index in [1.165, 1.54) is 11.1 Å². The van der Waals surface area contributed by atoms with E-state index >= 15 is 0 Å². The number of aromatic nitrogens is 4. The maximum atomic E-state index is 9.04. The lowest BCUT2D eigenvalue weighted by Crippen LogP contribution is -2.03. The molecule has 0 saturated carbocycles. The summed E-state index contributed by atoms with van der Waals surface area (Å²) < 4.78 is 2.12. The topological polar surface area (TPSA) is 67.4 Å². The molecule has 34 heavy (non-hydrogen) atoms. The predicted octanol–water partition coefficient (Wildman–Crippen LogP) is 6.21. The third kappa shape index (κ3) is 4.90. The molecule has 5 nitrogen and oxygen atoms in total. The van der Waals surface area contributed by atoms with Gasteiger partial charge in [0.05, 0.1) is 18.2 Å². The lowest BCUT2D eigenvalue weighted by molar-refractivity contribution is 0.802. The van der Waals surface area contributed by atoms with Crippen molar-refractivity contribution in [2.24, 2.45) is 0 Å². The zero-order chi connectivity index (χ0) is 23.2. The number of nitrogens with zero attached hydrogens (tertiary/aromatic N) is 5. The molecule has 0 aliphatic rings. The van der Waals surface area contributed by atoms with E-state index < -0.39 is 0 Å². The van der Waals surface area contributed by atoms with E-state index in [1.54, 1.807) is 18.1 Å². The summed E-state index contributed by atoms with van der Waals surface area (Å²) in [5.41, 5.74) is 5.68. The largest absolute Gasteiger partial charge is 0.305 e. The minimum Gasteiger partial charge on any atom is -0.305 e. The molecule has 0 aliphatic heterocycles. The molecule has 0 unspecified atom stereocenters. The Morgan fingerprint density at radius 1 is 0.824 bits per heavy atom. The molecule has 0 aliphatic carbocycles. The third-order valence-corrected chi connectivity index (χ3v) is 6.44. The number of rotatable bonds is 7. The number of nitriles is 1. The molecular weight excluding hydrogens is 438 g/mol. The van der Waals surface area contributed by atoms with Crippen LogP contribution in [0, 0.1) is 11.3 Å². The van der Waals surface area contributed by atoms with Crippen LogP contribution in [0.2, 0.25) is 0 Å². The summed E-state index contributed by atoms with van der Waals surface area (Å²) in [5.74, 6) is 1.62. The van der Waals surface area contributed by atoms with Gasteiger partial charge in [-0.2, -0.15) is 5.26 Å². The second-order valence-electron chi connectivity index (χ2n) is 7.73. The van der Waals surface area contributed by atoms with E-state index in [0.717, 1.165) is 33.3 Å². The van der Waals surface area contributed by atoms with Gasteiger partial charge in [-0.05, 0) is 34.9 Å². The summed E-state index contributed by atoms with van der Waals surface area (Å²) in [5, 5.41) is 9.91. The monoisotopic (exact) mass is 459 g/mol. The molecule has 0 amide bonds. The summed E-state index contributed by atoms with van der Waals surface area (Å²) in [6.07, 6.45) is 5.62. The smallest absolute Gasteiger partial charge is 0.165 e. The van der Waals surface area contributed by atoms with E-state index in [0.29, 0.717) is 12.1 Å². The van der Waals surface area contributed by atoms with Crippen LogP contribution >= 0.6 is 11.8 Å². The minimum atomic E-state index is 0.642. The number of hydrogen-bond donors (Lipinski definition) is 0. The summed E-state index contributed by atoms with van der Waals surface area (Å²) in [6.45, 7) is 0.657. The molecule has 0 saturated heterocycles. The third-order valence-electron chi connectivity index (χ3n) is 5.39. The molecular formula is C28H21N5S. The number of benzene rings is 3. The lowest BCUT2D eigenvalue weighted by atomic mass is 10.1. The van der Waals surface area contributed by atoms with Crippen LogP contribution in [-0.2, 0) is 12.3 Å². The first-order valence-electron chi connectivity index (χ1n) is 10.9. The maximum absolute atomic E-state index is 9.04. The fourth-order valence-corrected chi connectivity index (χ4v) is 4.54. The van der Waals surface area contributed by atoms with Gasteiger partial charge in [-0.15, -0.1) is 0 Å². The Morgan fingerprint density at radius 2 is 1.53 bits per heavy atom. The first-order valence-corrected chi connectivity index (χ1v) is 11.9. The molecule has 0 atom stereocenters. The molecule has 5 rings (SSSR count). The van der Waals surface area contributed by atoms with Gasteiger partial charge in [0.15, 0.2) is 5.65 Å². The molecule has 0 spiro atoms. The normalized spacial score (nSPS) is 11.1. The molecule has 2 heterocycles. The zero-order valence-corrected chi connectivity index (χ0v) is 19.2. The van der Waals surface area contributed by atoms with Crippen molar-refractivity contribution >= 4 is 35.1 Å². The second kappa shape index (κ2) is 10.2. The maximum Gasteiger partial charge on any atom is 0.165 e. The van der Waals surface area contributed by atoms with Gasteiger partial charge in [-0.25, -0.2) is 15.0 Å². The van der Waals surface area contributed by atoms with Crippen molar-refractivity contribution in [1.82, 2.24) is 19.5 Å². The second-order valence-corrected chi connectivity index (χ2v) is 8.70. The molecule has 164 valence electrons. The first-order chi connectivity index (χ1) is 16.8. The number of thioether (sulfide) groups is 1. The fourth-order valence-electron chi connectivity index (χ4n) is 3.65. The lowest BCUT2D eigenvalue weighted by Gasteiger charge is -2.07. The van der Waals surface area contributed by atoms with Gasteiger partial charge in [-0.3, -0.25) is 0 Å². The van der Waals surface area contributed by atoms with Crippen LogP contribution < -0.4 is 0 Å². The number of imidazole rings is 1. The van der Waals surface area contributed by atoms with Crippen LogP contribution in [0.4, 0.5) is 0 Å². The highest BCUT2D eigenvalue weighted by atomic mass is 32.2. The van der Waals surface area contributed by atoms with Gasteiger partial charge in [0.25, 0.3) is 0 Å². The molecule has 0 radical (unpaired) electrons. The number of hydrogen-bond acceptors (Lipinski definition) is 5. The quantitative estimate of drug-likeness (QED) is 0.214. The highest BCUT2D eigenvalue weighted by molar-refractivity contribution is 7.98. The fraction of sp³-hybridized carbons (Fsp3) is 0.0714. The summed E-state index contributed by atoms with van der Waals surface area (Å²) in [7, 11) is 0. The molecule has 5 aromatic rings. The Bertz CT molecular complexity index is 1470. The van der Waals surface area contributed by atoms with Crippen LogP contribution in [0.5, 0.6) is 0 Å². The van der Waals surface area contributed by atoms with Crippen LogP contribution in [0.25, 0.3) is 23.3 Å². The van der Waals surface area contributed by atoms with Crippen molar-refractivity contribution in [3.8, 4) is 6.07 Å². The van der Waals surface area contributed by atoms with Gasteiger partial charge in [0, 0.05) is 5.75 Å². The Kier molecular flexibility index (Phi) is 6.46. The van der Waals surface area contributed by atoms with Gasteiger partial charge >= 0.3 is 0 Å². The van der Waals surface area contributed by atoms with Gasteiger partial charge in [-0.1, -0.05) is 90.6 Å². The Labute approximate surface area is 202 Å². The van der Waals surface area contributed by atoms with Crippen molar-refractivity contribution in [3.05, 3.63) is 119 Å². The summed E-state index contributed by atoms with van der Waals surface area (Å²) >= 11 is 1.67. The van der Waals surface area contributed by atoms with E-state index in [-0.39, 0.29) is 0 Å². The number of fused-ring (bicyclic) bond motifs is 1. The van der Waals surface area contributed by atoms with Crippen LogP contribution in [0.15, 0.2) is 96.3 Å². The van der Waals surface area contributed by atoms with Crippen LogP contribution in [-0.4, -0.2) is 19.5 Å². The molecule has 6 heteroatoms. The van der Waals surface area contributed by atoms with Crippen molar-refractivity contribution in [3.63, 3.8) is 0 Å². The average molecular weight is 460 g/mol. The average Bonchev–Trinajstić information content (AvgIpc) is 3.25.